The third kappa shape index (κ3) is 5.64. The number of aliphatic hydroxyl groups is 1. The van der Waals surface area contributed by atoms with Crippen LogP contribution in [0.3, 0.4) is 0 Å². The van der Waals surface area contributed by atoms with Gasteiger partial charge >= 0.3 is 5.97 Å². The zero-order valence-corrected chi connectivity index (χ0v) is 25.9. The van der Waals surface area contributed by atoms with Crippen LogP contribution in [0.1, 0.15) is 99.6 Å². The lowest BCUT2D eigenvalue weighted by Gasteiger charge is -2.47. The van der Waals surface area contributed by atoms with Gasteiger partial charge < -0.3 is 20.3 Å². The number of pyridine rings is 1. The number of aliphatic hydroxyl groups excluding tert-OH is 1. The van der Waals surface area contributed by atoms with Crippen LogP contribution in [0, 0.1) is 11.8 Å². The van der Waals surface area contributed by atoms with Crippen LogP contribution >= 0.6 is 11.6 Å². The lowest BCUT2D eigenvalue weighted by atomic mass is 9.59. The summed E-state index contributed by atoms with van der Waals surface area (Å²) in [7, 11) is 0. The zero-order chi connectivity index (χ0) is 30.2. The highest BCUT2D eigenvalue weighted by atomic mass is 35.5. The number of nitrogens with one attached hydrogen (secondary N) is 1. The Morgan fingerprint density at radius 3 is 2.65 bits per heavy atom. The largest absolute Gasteiger partial charge is 0.493 e. The van der Waals surface area contributed by atoms with Crippen LogP contribution in [0.4, 0.5) is 5.69 Å². The molecule has 3 N–H and O–H groups in total. The van der Waals surface area contributed by atoms with Crippen LogP contribution < -0.4 is 10.1 Å². The molecule has 6 nitrogen and oxygen atoms in total. The average molecular weight is 603 g/mol. The minimum Gasteiger partial charge on any atom is -0.493 e. The number of nitrogens with zero attached hydrogens (tertiary/aromatic N) is 1. The van der Waals surface area contributed by atoms with Crippen molar-refractivity contribution in [2.45, 2.75) is 94.6 Å². The first kappa shape index (κ1) is 30.0. The molecule has 3 aliphatic rings. The van der Waals surface area contributed by atoms with Gasteiger partial charge in [-0.2, -0.15) is 0 Å². The molecular formula is C36H43ClN2O4. The van der Waals surface area contributed by atoms with Gasteiger partial charge in [-0.25, -0.2) is 4.79 Å². The lowest BCUT2D eigenvalue weighted by molar-refractivity contribution is -0.144. The first-order valence-corrected chi connectivity index (χ1v) is 16.3. The van der Waals surface area contributed by atoms with E-state index in [2.05, 4.69) is 48.4 Å². The standard InChI is InChI=1S/C36H43ClN2O4/c1-3-24-11-12-30(40)33-32(24)31(13-18-38-33)43-22-23(2)19-26-20-25-7-4-5-10-29(25)35(26)14-16-36(17-15-35,34(41)42)39-28-9-6-8-27(37)21-28/h4-10,13,18,21,23-24,26,30,39-40H,3,11-12,14-17,19-20,22H2,1-2H3,(H,41,42)/t23-,24+,26?,30+,35?,36?/m1/s1. The first-order valence-electron chi connectivity index (χ1n) is 15.9. The minimum atomic E-state index is -1.02. The van der Waals surface area contributed by atoms with E-state index in [9.17, 15) is 15.0 Å². The van der Waals surface area contributed by atoms with Gasteiger partial charge in [0.1, 0.15) is 11.3 Å². The van der Waals surface area contributed by atoms with Crippen molar-refractivity contribution in [1.29, 1.82) is 0 Å². The molecule has 2 aromatic carbocycles. The number of carboxylic acid groups (broad SMARTS) is 1. The van der Waals surface area contributed by atoms with Crippen molar-refractivity contribution in [3.8, 4) is 5.75 Å². The van der Waals surface area contributed by atoms with Gasteiger partial charge in [0.15, 0.2) is 0 Å². The molecule has 0 radical (unpaired) electrons. The molecule has 7 heteroatoms. The molecule has 0 amide bonds. The quantitative estimate of drug-likeness (QED) is 0.229. The number of halogens is 1. The van der Waals surface area contributed by atoms with Crippen molar-refractivity contribution in [2.24, 2.45) is 11.8 Å². The summed E-state index contributed by atoms with van der Waals surface area (Å²) in [4.78, 5) is 17.2. The summed E-state index contributed by atoms with van der Waals surface area (Å²) in [6, 6.07) is 18.1. The molecule has 0 bridgehead atoms. The Labute approximate surface area is 259 Å². The van der Waals surface area contributed by atoms with Crippen molar-refractivity contribution in [3.63, 3.8) is 0 Å². The fourth-order valence-electron chi connectivity index (χ4n) is 8.32. The van der Waals surface area contributed by atoms with Crippen molar-refractivity contribution in [2.75, 3.05) is 11.9 Å². The van der Waals surface area contributed by atoms with Gasteiger partial charge in [-0.05, 0) is 116 Å². The maximum atomic E-state index is 12.7. The van der Waals surface area contributed by atoms with E-state index in [1.807, 2.05) is 18.2 Å². The zero-order valence-electron chi connectivity index (χ0n) is 25.2. The third-order valence-corrected chi connectivity index (χ3v) is 10.8. The summed E-state index contributed by atoms with van der Waals surface area (Å²) in [6.45, 7) is 5.05. The summed E-state index contributed by atoms with van der Waals surface area (Å²) in [5.41, 5.74) is 4.35. The van der Waals surface area contributed by atoms with Crippen LogP contribution in [0.15, 0.2) is 60.8 Å². The summed E-state index contributed by atoms with van der Waals surface area (Å²) in [5, 5.41) is 25.0. The highest BCUT2D eigenvalue weighted by molar-refractivity contribution is 6.30. The molecule has 4 atom stereocenters. The molecule has 0 aliphatic heterocycles. The fraction of sp³-hybridized carbons (Fsp3) is 0.500. The number of hydrogen-bond donors (Lipinski definition) is 3. The number of anilines is 1. The van der Waals surface area contributed by atoms with Gasteiger partial charge in [0.2, 0.25) is 0 Å². The Balaban J connectivity index is 1.19. The van der Waals surface area contributed by atoms with E-state index in [-0.39, 0.29) is 5.41 Å². The van der Waals surface area contributed by atoms with Crippen molar-refractivity contribution >= 4 is 23.3 Å². The van der Waals surface area contributed by atoms with E-state index in [1.165, 1.54) is 11.1 Å². The second-order valence-electron chi connectivity index (χ2n) is 13.2. The highest BCUT2D eigenvalue weighted by Crippen LogP contribution is 2.56. The summed E-state index contributed by atoms with van der Waals surface area (Å²) >= 11 is 6.22. The van der Waals surface area contributed by atoms with Gasteiger partial charge in [-0.3, -0.25) is 4.98 Å². The molecule has 1 spiro atoms. The number of fused-ring (bicyclic) bond motifs is 3. The number of carboxylic acids is 1. The number of rotatable bonds is 9. The van der Waals surface area contributed by atoms with Crippen LogP contribution in [0.2, 0.25) is 5.02 Å². The monoisotopic (exact) mass is 602 g/mol. The van der Waals surface area contributed by atoms with Gasteiger partial charge in [-0.1, -0.05) is 55.8 Å². The maximum Gasteiger partial charge on any atom is 0.329 e. The minimum absolute atomic E-state index is 0.0485. The Morgan fingerprint density at radius 2 is 1.91 bits per heavy atom. The molecule has 1 aromatic heterocycles. The van der Waals surface area contributed by atoms with Crippen molar-refractivity contribution in [3.05, 3.63) is 88.2 Å². The van der Waals surface area contributed by atoms with E-state index in [0.717, 1.165) is 67.6 Å². The SMILES string of the molecule is CC[C@H]1CC[C@H](O)c2nccc(OC[C@H](C)CC3Cc4ccccc4C34CCC(Nc3cccc(Cl)c3)(C(=O)O)CC4)c21. The number of benzene rings is 2. The second-order valence-corrected chi connectivity index (χ2v) is 13.6. The highest BCUT2D eigenvalue weighted by Gasteiger charge is 2.54. The maximum absolute atomic E-state index is 12.7. The smallest absolute Gasteiger partial charge is 0.329 e. The van der Waals surface area contributed by atoms with E-state index in [4.69, 9.17) is 16.3 Å². The third-order valence-electron chi connectivity index (χ3n) is 10.6. The summed E-state index contributed by atoms with van der Waals surface area (Å²) in [6.07, 6.45) is 8.69. The predicted octanol–water partition coefficient (Wildman–Crippen LogP) is 8.08. The van der Waals surface area contributed by atoms with E-state index >= 15 is 0 Å². The Kier molecular flexibility index (Phi) is 8.45. The Hall–Kier alpha value is -3.09. The van der Waals surface area contributed by atoms with Gasteiger partial charge in [0, 0.05) is 22.5 Å². The normalized spacial score (nSPS) is 28.6. The molecule has 228 valence electrons. The number of carbonyl (C=O) groups is 1. The van der Waals surface area contributed by atoms with Crippen LogP contribution in [-0.4, -0.2) is 33.3 Å². The van der Waals surface area contributed by atoms with Crippen LogP contribution in [0.5, 0.6) is 5.75 Å². The second kappa shape index (κ2) is 12.1. The number of ether oxygens (including phenoxy) is 1. The van der Waals surface area contributed by atoms with Gasteiger partial charge in [0.05, 0.1) is 18.4 Å². The Bertz CT molecular complexity index is 1470. The summed E-state index contributed by atoms with van der Waals surface area (Å²) in [5.74, 6) is 1.15. The summed E-state index contributed by atoms with van der Waals surface area (Å²) < 4.78 is 6.50. The topological polar surface area (TPSA) is 91.7 Å². The molecule has 1 fully saturated rings. The van der Waals surface area contributed by atoms with Crippen LogP contribution in [-0.2, 0) is 16.6 Å². The number of aromatic nitrogens is 1. The molecule has 43 heavy (non-hydrogen) atoms. The number of aliphatic carboxylic acids is 1. The molecule has 3 aromatic rings. The molecule has 1 saturated carbocycles. The molecule has 0 saturated heterocycles. The lowest BCUT2D eigenvalue weighted by Crippen LogP contribution is -2.53. The van der Waals surface area contributed by atoms with E-state index < -0.39 is 17.6 Å². The van der Waals surface area contributed by atoms with E-state index in [0.29, 0.717) is 42.2 Å². The fourth-order valence-corrected chi connectivity index (χ4v) is 8.51. The van der Waals surface area contributed by atoms with Gasteiger partial charge in [0.25, 0.3) is 0 Å². The molecular weight excluding hydrogens is 560 g/mol. The molecule has 1 heterocycles. The van der Waals surface area contributed by atoms with Crippen molar-refractivity contribution in [1.82, 2.24) is 4.98 Å². The number of hydrogen-bond acceptors (Lipinski definition) is 5. The average Bonchev–Trinajstić information content (AvgIpc) is 3.29. The molecule has 1 unspecified atom stereocenters. The molecule has 6 rings (SSSR count). The van der Waals surface area contributed by atoms with Gasteiger partial charge in [-0.15, -0.1) is 0 Å². The predicted molar refractivity (Wildman–Crippen MR) is 170 cm³/mol. The molecule has 3 aliphatic carbocycles. The van der Waals surface area contributed by atoms with E-state index in [1.54, 1.807) is 18.3 Å². The van der Waals surface area contributed by atoms with Crippen molar-refractivity contribution < 1.29 is 19.7 Å². The van der Waals surface area contributed by atoms with Crippen LogP contribution in [0.25, 0.3) is 0 Å². The first-order chi connectivity index (χ1) is 20.7. The Morgan fingerprint density at radius 1 is 1.12 bits per heavy atom.